The van der Waals surface area contributed by atoms with Crippen LogP contribution in [0, 0.1) is 11.8 Å². The van der Waals surface area contributed by atoms with E-state index in [1.165, 1.54) is 0 Å². The first-order chi connectivity index (χ1) is 5.61. The maximum absolute atomic E-state index is 10.9. The normalized spacial score (nSPS) is 25.0. The number of hydrogen-bond acceptors (Lipinski definition) is 1. The van der Waals surface area contributed by atoms with Crippen LogP contribution in [0.1, 0.15) is 32.1 Å². The summed E-state index contributed by atoms with van der Waals surface area (Å²) >= 11 is 0. The summed E-state index contributed by atoms with van der Waals surface area (Å²) in [5.41, 5.74) is -0.452. The second-order valence-corrected chi connectivity index (χ2v) is 4.94. The van der Waals surface area contributed by atoms with Crippen LogP contribution in [-0.2, 0) is 4.57 Å². The Labute approximate surface area is 72.3 Å². The summed E-state index contributed by atoms with van der Waals surface area (Å²) in [7, 11) is -3.86. The van der Waals surface area contributed by atoms with Crippen LogP contribution in [0.15, 0.2) is 0 Å². The quantitative estimate of drug-likeness (QED) is 0.484. The Morgan fingerprint density at radius 2 is 1.83 bits per heavy atom. The summed E-state index contributed by atoms with van der Waals surface area (Å²) in [6.07, 6.45) is 3.35. The van der Waals surface area contributed by atoms with E-state index in [9.17, 15) is 4.57 Å². The van der Waals surface area contributed by atoms with E-state index >= 15 is 0 Å². The fourth-order valence-electron chi connectivity index (χ4n) is 1.32. The molecular weight excluding hydrogens is 175 g/mol. The molecule has 2 N–H and O–H groups in total. The molecule has 0 saturated heterocycles. The fraction of sp³-hybridized carbons (Fsp3) is 0.750. The van der Waals surface area contributed by atoms with Crippen LogP contribution < -0.4 is 0 Å². The van der Waals surface area contributed by atoms with Gasteiger partial charge in [-0.1, -0.05) is 0 Å². The van der Waals surface area contributed by atoms with Crippen LogP contribution in [-0.4, -0.2) is 15.4 Å². The third-order valence-corrected chi connectivity index (χ3v) is 3.51. The van der Waals surface area contributed by atoms with Crippen molar-refractivity contribution in [1.82, 2.24) is 0 Å². The van der Waals surface area contributed by atoms with Gasteiger partial charge >= 0.3 is 7.60 Å². The van der Waals surface area contributed by atoms with Gasteiger partial charge in [-0.2, -0.15) is 0 Å². The van der Waals surface area contributed by atoms with Gasteiger partial charge in [0.1, 0.15) is 0 Å². The highest BCUT2D eigenvalue weighted by atomic mass is 31.2. The smallest absolute Gasteiger partial charge is 0.324 e. The van der Waals surface area contributed by atoms with Gasteiger partial charge in [0.05, 0.1) is 5.66 Å². The molecule has 0 aromatic carbocycles. The Hall–Kier alpha value is -0.290. The molecule has 1 unspecified atom stereocenters. The molecule has 1 aliphatic carbocycles. The minimum atomic E-state index is -3.86. The summed E-state index contributed by atoms with van der Waals surface area (Å²) < 4.78 is 10.9. The van der Waals surface area contributed by atoms with E-state index < -0.39 is 13.3 Å². The van der Waals surface area contributed by atoms with Crippen molar-refractivity contribution in [3.63, 3.8) is 0 Å². The zero-order chi connectivity index (χ0) is 9.03. The molecule has 68 valence electrons. The molecule has 1 aliphatic rings. The van der Waals surface area contributed by atoms with Crippen LogP contribution in [0.4, 0.5) is 0 Å². The molecule has 1 rings (SSSR count). The largest absolute Gasteiger partial charge is 0.328 e. The molecule has 0 amide bonds. The van der Waals surface area contributed by atoms with Gasteiger partial charge in [0, 0.05) is 12.8 Å². The van der Waals surface area contributed by atoms with Gasteiger partial charge in [0.25, 0.3) is 0 Å². The molecule has 0 fully saturated rings. The molecule has 0 aromatic rings. The predicted octanol–water partition coefficient (Wildman–Crippen LogP) is 1.50. The molecule has 0 aliphatic heterocycles. The van der Waals surface area contributed by atoms with Crippen molar-refractivity contribution in [2.24, 2.45) is 0 Å². The van der Waals surface area contributed by atoms with E-state index in [1.807, 2.05) is 0 Å². The van der Waals surface area contributed by atoms with Gasteiger partial charge in [0.2, 0.25) is 0 Å². The topological polar surface area (TPSA) is 57.5 Å². The first kappa shape index (κ1) is 9.80. The molecule has 1 atom stereocenters. The second-order valence-electron chi connectivity index (χ2n) is 3.03. The zero-order valence-corrected chi connectivity index (χ0v) is 7.76. The minimum absolute atomic E-state index is 0.452. The molecule has 3 nitrogen and oxygen atoms in total. The highest BCUT2D eigenvalue weighted by Crippen LogP contribution is 2.45. The molecule has 12 heavy (non-hydrogen) atoms. The van der Waals surface area contributed by atoms with Gasteiger partial charge in [-0.25, -0.2) is 0 Å². The van der Waals surface area contributed by atoms with E-state index in [-0.39, 0.29) is 0 Å². The summed E-state index contributed by atoms with van der Waals surface area (Å²) in [4.78, 5) is 17.8. The Bertz CT molecular complexity index is 245. The average Bonchev–Trinajstić information content (AvgIpc) is 1.81. The molecule has 0 radical (unpaired) electrons. The van der Waals surface area contributed by atoms with Crippen molar-refractivity contribution >= 4 is 7.60 Å². The van der Waals surface area contributed by atoms with Gasteiger partial charge in [-0.05, 0) is 19.3 Å². The summed E-state index contributed by atoms with van der Waals surface area (Å²) in [5, 5.41) is 0. The average molecular weight is 188 g/mol. The van der Waals surface area contributed by atoms with Gasteiger partial charge < -0.3 is 9.79 Å². The van der Waals surface area contributed by atoms with Crippen molar-refractivity contribution < 1.29 is 14.4 Å². The third-order valence-electron chi connectivity index (χ3n) is 2.04. The maximum atomic E-state index is 10.9. The lowest BCUT2D eigenvalue weighted by Crippen LogP contribution is -2.09. The fourth-order valence-corrected chi connectivity index (χ4v) is 2.31. The van der Waals surface area contributed by atoms with Gasteiger partial charge in [-0.15, -0.1) is 11.8 Å². The minimum Gasteiger partial charge on any atom is -0.324 e. The summed E-state index contributed by atoms with van der Waals surface area (Å²) in [5.74, 6) is 5.85. The Kier molecular flexibility index (Phi) is 3.34. The van der Waals surface area contributed by atoms with Gasteiger partial charge in [0.15, 0.2) is 0 Å². The van der Waals surface area contributed by atoms with Crippen LogP contribution in [0.3, 0.4) is 0 Å². The number of rotatable bonds is 1. The summed E-state index contributed by atoms with van der Waals surface area (Å²) in [6.45, 7) is 0. The monoisotopic (exact) mass is 188 g/mol. The van der Waals surface area contributed by atoms with Crippen LogP contribution in [0.2, 0.25) is 0 Å². The zero-order valence-electron chi connectivity index (χ0n) is 6.86. The number of hydrogen-bond donors (Lipinski definition) is 2. The molecule has 0 saturated carbocycles. The van der Waals surface area contributed by atoms with Crippen molar-refractivity contribution in [2.45, 2.75) is 37.8 Å². The molecule has 0 bridgehead atoms. The molecular formula is C8H13O3P. The van der Waals surface area contributed by atoms with Crippen molar-refractivity contribution in [3.05, 3.63) is 0 Å². The van der Waals surface area contributed by atoms with E-state index in [0.717, 1.165) is 12.8 Å². The highest BCUT2D eigenvalue weighted by Gasteiger charge is 2.27. The Morgan fingerprint density at radius 1 is 1.17 bits per heavy atom. The third kappa shape index (κ3) is 2.98. The molecule has 4 heteroatoms. The lowest BCUT2D eigenvalue weighted by molar-refractivity contribution is 0.349. The molecule has 0 aromatic heterocycles. The van der Waals surface area contributed by atoms with Crippen molar-refractivity contribution in [2.75, 3.05) is 0 Å². The standard InChI is InChI=1S/C8H13O3P/c9-12(10,11)8-6-4-2-1-3-5-7-8/h8H,2,4-7H2,(H2,9,10,11). The van der Waals surface area contributed by atoms with Gasteiger partial charge in [-0.3, -0.25) is 4.57 Å². The van der Waals surface area contributed by atoms with E-state index in [4.69, 9.17) is 9.79 Å². The SMILES string of the molecule is O=P(O)(O)C1CCC#CCCC1. The van der Waals surface area contributed by atoms with Crippen LogP contribution in [0.25, 0.3) is 0 Å². The van der Waals surface area contributed by atoms with Crippen molar-refractivity contribution in [3.8, 4) is 11.8 Å². The van der Waals surface area contributed by atoms with Crippen LogP contribution >= 0.6 is 7.60 Å². The molecule has 0 heterocycles. The van der Waals surface area contributed by atoms with E-state index in [0.29, 0.717) is 19.3 Å². The van der Waals surface area contributed by atoms with E-state index in [2.05, 4.69) is 11.8 Å². The Morgan fingerprint density at radius 3 is 2.50 bits per heavy atom. The molecule has 0 spiro atoms. The second kappa shape index (κ2) is 4.09. The van der Waals surface area contributed by atoms with E-state index in [1.54, 1.807) is 0 Å². The maximum Gasteiger partial charge on any atom is 0.328 e. The summed E-state index contributed by atoms with van der Waals surface area (Å²) in [6, 6.07) is 0. The van der Waals surface area contributed by atoms with Crippen molar-refractivity contribution in [1.29, 1.82) is 0 Å². The lowest BCUT2D eigenvalue weighted by Gasteiger charge is -2.17. The highest BCUT2D eigenvalue weighted by molar-refractivity contribution is 7.52. The Balaban J connectivity index is 2.57. The lowest BCUT2D eigenvalue weighted by atomic mass is 10.1. The predicted molar refractivity (Wildman–Crippen MR) is 46.7 cm³/mol. The van der Waals surface area contributed by atoms with Crippen LogP contribution in [0.5, 0.6) is 0 Å². The first-order valence-corrected chi connectivity index (χ1v) is 5.80. The first-order valence-electron chi connectivity index (χ1n) is 4.11.